The van der Waals surface area contributed by atoms with Gasteiger partial charge in [-0.15, -0.1) is 0 Å². The molecule has 0 spiro atoms. The van der Waals surface area contributed by atoms with E-state index in [1.807, 2.05) is 26.8 Å². The highest BCUT2D eigenvalue weighted by molar-refractivity contribution is 5.83. The van der Waals surface area contributed by atoms with Crippen LogP contribution in [0.5, 0.6) is 0 Å². The van der Waals surface area contributed by atoms with Crippen LogP contribution in [0.1, 0.15) is 34.6 Å². The second-order valence-corrected chi connectivity index (χ2v) is 6.51. The predicted molar refractivity (Wildman–Crippen MR) is 88.2 cm³/mol. The normalized spacial score (nSPS) is 12.9. The van der Waals surface area contributed by atoms with Gasteiger partial charge in [-0.1, -0.05) is 13.8 Å². The summed E-state index contributed by atoms with van der Waals surface area (Å²) in [5.41, 5.74) is 0.349. The van der Waals surface area contributed by atoms with Gasteiger partial charge in [0.1, 0.15) is 11.4 Å². The minimum Gasteiger partial charge on any atom is -0.444 e. The Kier molecular flexibility index (Phi) is 6.61. The molecule has 0 saturated heterocycles. The molecule has 1 atom stereocenters. The summed E-state index contributed by atoms with van der Waals surface area (Å²) in [6.45, 7) is 10.3. The zero-order valence-corrected chi connectivity index (χ0v) is 14.3. The van der Waals surface area contributed by atoms with Crippen molar-refractivity contribution in [3.63, 3.8) is 0 Å². The van der Waals surface area contributed by atoms with Crippen LogP contribution in [-0.4, -0.2) is 36.4 Å². The predicted octanol–water partition coefficient (Wildman–Crippen LogP) is 3.51. The highest BCUT2D eigenvalue weighted by Gasteiger charge is 2.17. The van der Waals surface area contributed by atoms with Gasteiger partial charge in [0.15, 0.2) is 0 Å². The Morgan fingerprint density at radius 3 is 2.45 bits per heavy atom. The molecule has 0 aliphatic carbocycles. The van der Waals surface area contributed by atoms with Crippen LogP contribution in [0.15, 0.2) is 18.3 Å². The lowest BCUT2D eigenvalue weighted by Crippen LogP contribution is -2.30. The molecule has 6 nitrogen and oxygen atoms in total. The standard InChI is InChI=1S/C16H27N3O3/c1-11(2)13(10-21-6)18-12-7-8-14(17-9-12)19-15(20)22-16(3,4)5/h7-9,11,13,18H,10H2,1-6H3,(H,17,19,20). The van der Waals surface area contributed by atoms with E-state index in [-0.39, 0.29) is 6.04 Å². The molecule has 1 aromatic heterocycles. The van der Waals surface area contributed by atoms with Gasteiger partial charge in [-0.3, -0.25) is 5.32 Å². The van der Waals surface area contributed by atoms with Gasteiger partial charge in [0, 0.05) is 7.11 Å². The summed E-state index contributed by atoms with van der Waals surface area (Å²) in [4.78, 5) is 15.9. The van der Waals surface area contributed by atoms with E-state index >= 15 is 0 Å². The second kappa shape index (κ2) is 7.98. The third-order valence-corrected chi connectivity index (χ3v) is 2.90. The molecule has 0 radical (unpaired) electrons. The maximum absolute atomic E-state index is 11.7. The van der Waals surface area contributed by atoms with Crippen molar-refractivity contribution in [3.05, 3.63) is 18.3 Å². The van der Waals surface area contributed by atoms with E-state index in [4.69, 9.17) is 9.47 Å². The number of pyridine rings is 1. The van der Waals surface area contributed by atoms with E-state index in [9.17, 15) is 4.79 Å². The lowest BCUT2D eigenvalue weighted by Gasteiger charge is -2.22. The van der Waals surface area contributed by atoms with Crippen LogP contribution in [0.2, 0.25) is 0 Å². The summed E-state index contributed by atoms with van der Waals surface area (Å²) < 4.78 is 10.4. The zero-order chi connectivity index (χ0) is 16.8. The molecule has 0 aromatic carbocycles. The number of rotatable bonds is 6. The Hall–Kier alpha value is -1.82. The number of anilines is 2. The third kappa shape index (κ3) is 6.76. The van der Waals surface area contributed by atoms with Crippen LogP contribution in [0.25, 0.3) is 0 Å². The molecule has 0 aliphatic heterocycles. The highest BCUT2D eigenvalue weighted by atomic mass is 16.6. The maximum Gasteiger partial charge on any atom is 0.413 e. The van der Waals surface area contributed by atoms with E-state index in [0.29, 0.717) is 18.3 Å². The molecule has 1 amide bonds. The quantitative estimate of drug-likeness (QED) is 0.841. The Morgan fingerprint density at radius 2 is 2.00 bits per heavy atom. The van der Waals surface area contributed by atoms with Gasteiger partial charge in [-0.05, 0) is 38.8 Å². The fraction of sp³-hybridized carbons (Fsp3) is 0.625. The van der Waals surface area contributed by atoms with Crippen molar-refractivity contribution in [2.45, 2.75) is 46.3 Å². The van der Waals surface area contributed by atoms with Crippen molar-refractivity contribution in [2.75, 3.05) is 24.4 Å². The summed E-state index contributed by atoms with van der Waals surface area (Å²) in [7, 11) is 1.68. The first-order valence-corrected chi connectivity index (χ1v) is 7.43. The molecular formula is C16H27N3O3. The fourth-order valence-electron chi connectivity index (χ4n) is 1.76. The first-order valence-electron chi connectivity index (χ1n) is 7.43. The molecule has 1 heterocycles. The molecule has 22 heavy (non-hydrogen) atoms. The topological polar surface area (TPSA) is 72.5 Å². The molecule has 124 valence electrons. The summed E-state index contributed by atoms with van der Waals surface area (Å²) >= 11 is 0. The summed E-state index contributed by atoms with van der Waals surface area (Å²) in [6, 6.07) is 3.80. The largest absolute Gasteiger partial charge is 0.444 e. The van der Waals surface area contributed by atoms with E-state index in [1.54, 1.807) is 19.4 Å². The molecule has 1 unspecified atom stereocenters. The first-order chi connectivity index (χ1) is 10.2. The molecule has 0 aliphatic rings. The molecule has 0 bridgehead atoms. The third-order valence-electron chi connectivity index (χ3n) is 2.90. The summed E-state index contributed by atoms with van der Waals surface area (Å²) in [6.07, 6.45) is 1.16. The number of carbonyl (C=O) groups excluding carboxylic acids is 1. The number of nitrogens with one attached hydrogen (secondary N) is 2. The molecule has 6 heteroatoms. The van der Waals surface area contributed by atoms with Crippen LogP contribution in [0.4, 0.5) is 16.3 Å². The molecule has 0 saturated carbocycles. The monoisotopic (exact) mass is 309 g/mol. The van der Waals surface area contributed by atoms with Gasteiger partial charge in [0.2, 0.25) is 0 Å². The van der Waals surface area contributed by atoms with Crippen LogP contribution < -0.4 is 10.6 Å². The van der Waals surface area contributed by atoms with Gasteiger partial charge >= 0.3 is 6.09 Å². The van der Waals surface area contributed by atoms with Gasteiger partial charge in [0.25, 0.3) is 0 Å². The number of carbonyl (C=O) groups is 1. The van der Waals surface area contributed by atoms with Gasteiger partial charge in [0.05, 0.1) is 24.5 Å². The zero-order valence-electron chi connectivity index (χ0n) is 14.3. The molecule has 2 N–H and O–H groups in total. The molecule has 1 rings (SSSR count). The Labute approximate surface area is 132 Å². The Bertz CT molecular complexity index is 467. The lowest BCUT2D eigenvalue weighted by molar-refractivity contribution is 0.0635. The van der Waals surface area contributed by atoms with E-state index in [0.717, 1.165) is 5.69 Å². The number of methoxy groups -OCH3 is 1. The van der Waals surface area contributed by atoms with Crippen molar-refractivity contribution >= 4 is 17.6 Å². The number of hydrogen-bond donors (Lipinski definition) is 2. The number of hydrogen-bond acceptors (Lipinski definition) is 5. The fourth-order valence-corrected chi connectivity index (χ4v) is 1.76. The smallest absolute Gasteiger partial charge is 0.413 e. The average molecular weight is 309 g/mol. The summed E-state index contributed by atoms with van der Waals surface area (Å²) in [5, 5.41) is 5.97. The van der Waals surface area contributed by atoms with Crippen molar-refractivity contribution in [1.82, 2.24) is 4.98 Å². The highest BCUT2D eigenvalue weighted by Crippen LogP contribution is 2.15. The molecule has 1 aromatic rings. The van der Waals surface area contributed by atoms with Gasteiger partial charge in [-0.2, -0.15) is 0 Å². The number of nitrogens with zero attached hydrogens (tertiary/aromatic N) is 1. The lowest BCUT2D eigenvalue weighted by atomic mass is 10.1. The van der Waals surface area contributed by atoms with E-state index in [2.05, 4.69) is 29.5 Å². The van der Waals surface area contributed by atoms with Crippen LogP contribution in [0, 0.1) is 5.92 Å². The number of aromatic nitrogens is 1. The van der Waals surface area contributed by atoms with Crippen molar-refractivity contribution in [3.8, 4) is 0 Å². The number of ether oxygens (including phenoxy) is 2. The van der Waals surface area contributed by atoms with Crippen molar-refractivity contribution < 1.29 is 14.3 Å². The van der Waals surface area contributed by atoms with E-state index < -0.39 is 11.7 Å². The SMILES string of the molecule is COCC(Nc1ccc(NC(=O)OC(C)(C)C)nc1)C(C)C. The minimum atomic E-state index is -0.532. The Balaban J connectivity index is 2.61. The molecule has 0 fully saturated rings. The maximum atomic E-state index is 11.7. The van der Waals surface area contributed by atoms with E-state index in [1.165, 1.54) is 0 Å². The Morgan fingerprint density at radius 1 is 1.32 bits per heavy atom. The van der Waals surface area contributed by atoms with Gasteiger partial charge in [-0.25, -0.2) is 9.78 Å². The van der Waals surface area contributed by atoms with Crippen LogP contribution in [-0.2, 0) is 9.47 Å². The van der Waals surface area contributed by atoms with Crippen molar-refractivity contribution in [2.24, 2.45) is 5.92 Å². The first kappa shape index (κ1) is 18.2. The second-order valence-electron chi connectivity index (χ2n) is 6.51. The van der Waals surface area contributed by atoms with Crippen LogP contribution in [0.3, 0.4) is 0 Å². The van der Waals surface area contributed by atoms with Gasteiger partial charge < -0.3 is 14.8 Å². The summed E-state index contributed by atoms with van der Waals surface area (Å²) in [5.74, 6) is 0.882. The number of amides is 1. The average Bonchev–Trinajstić information content (AvgIpc) is 2.38. The minimum absolute atomic E-state index is 0.205. The van der Waals surface area contributed by atoms with Crippen molar-refractivity contribution in [1.29, 1.82) is 0 Å². The molecular weight excluding hydrogens is 282 g/mol. The van der Waals surface area contributed by atoms with Crippen LogP contribution >= 0.6 is 0 Å².